The Morgan fingerprint density at radius 2 is 1.61 bits per heavy atom. The molecule has 0 aliphatic rings. The van der Waals surface area contributed by atoms with Gasteiger partial charge in [-0.3, -0.25) is 0 Å². The van der Waals surface area contributed by atoms with Gasteiger partial charge >= 0.3 is 0 Å². The van der Waals surface area contributed by atoms with E-state index >= 15 is 0 Å². The van der Waals surface area contributed by atoms with Crippen LogP contribution in [0.25, 0.3) is 0 Å². The fraction of sp³-hybridized carbons (Fsp3) is 1.00. The number of hydrogen-bond acceptors (Lipinski definition) is 2. The zero-order chi connectivity index (χ0) is 13.9. The monoisotopic (exact) mass is 256 g/mol. The van der Waals surface area contributed by atoms with Crippen molar-refractivity contribution < 1.29 is 0 Å². The Hall–Kier alpha value is -0.0800. The molecular formula is C16H36N2. The smallest absolute Gasteiger partial charge is 0.00103 e. The van der Waals surface area contributed by atoms with E-state index in [1.807, 2.05) is 0 Å². The third-order valence-electron chi connectivity index (χ3n) is 3.39. The lowest BCUT2D eigenvalue weighted by molar-refractivity contribution is 0.302. The maximum atomic E-state index is 3.61. The molecule has 18 heavy (non-hydrogen) atoms. The van der Waals surface area contributed by atoms with Crippen molar-refractivity contribution in [2.45, 2.75) is 79.2 Å². The van der Waals surface area contributed by atoms with Gasteiger partial charge in [-0.05, 0) is 37.8 Å². The lowest BCUT2D eigenvalue weighted by Gasteiger charge is -2.25. The molecule has 0 unspecified atom stereocenters. The van der Waals surface area contributed by atoms with Crippen LogP contribution >= 0.6 is 0 Å². The quantitative estimate of drug-likeness (QED) is 0.516. The molecule has 2 heteroatoms. The SMILES string of the molecule is CCCCCC(C)(C)CNCCCCNC(C)C. The fourth-order valence-electron chi connectivity index (χ4n) is 2.13. The molecule has 0 aromatic heterocycles. The molecule has 0 spiro atoms. The Kier molecular flexibility index (Phi) is 10.8. The largest absolute Gasteiger partial charge is 0.316 e. The van der Waals surface area contributed by atoms with E-state index in [1.165, 1.54) is 38.5 Å². The Labute approximate surface area is 115 Å². The normalized spacial score (nSPS) is 12.3. The van der Waals surface area contributed by atoms with E-state index in [-0.39, 0.29) is 0 Å². The standard InChI is InChI=1S/C16H36N2/c1-6-7-8-11-16(4,5)14-17-12-9-10-13-18-15(2)3/h15,17-18H,6-14H2,1-5H3. The van der Waals surface area contributed by atoms with Crippen LogP contribution in [0.4, 0.5) is 0 Å². The average Bonchev–Trinajstić information content (AvgIpc) is 2.27. The van der Waals surface area contributed by atoms with Crippen molar-refractivity contribution in [1.29, 1.82) is 0 Å². The Morgan fingerprint density at radius 3 is 2.22 bits per heavy atom. The molecule has 0 fully saturated rings. The van der Waals surface area contributed by atoms with Crippen LogP contribution in [0.1, 0.15) is 73.1 Å². The molecule has 0 saturated carbocycles. The Balaban J connectivity index is 3.35. The molecule has 0 amide bonds. The maximum Gasteiger partial charge on any atom is 0.00103 e. The van der Waals surface area contributed by atoms with Crippen LogP contribution < -0.4 is 10.6 Å². The minimum atomic E-state index is 0.464. The van der Waals surface area contributed by atoms with E-state index in [1.54, 1.807) is 0 Å². The molecule has 0 aliphatic heterocycles. The highest BCUT2D eigenvalue weighted by Gasteiger charge is 2.16. The molecular weight excluding hydrogens is 220 g/mol. The first-order valence-electron chi connectivity index (χ1n) is 7.92. The Morgan fingerprint density at radius 1 is 0.944 bits per heavy atom. The molecule has 0 radical (unpaired) electrons. The third kappa shape index (κ3) is 12.4. The summed E-state index contributed by atoms with van der Waals surface area (Å²) in [5.74, 6) is 0. The van der Waals surface area contributed by atoms with Crippen molar-refractivity contribution in [3.8, 4) is 0 Å². The number of nitrogens with one attached hydrogen (secondary N) is 2. The van der Waals surface area contributed by atoms with E-state index in [9.17, 15) is 0 Å². The van der Waals surface area contributed by atoms with Gasteiger partial charge in [0.1, 0.15) is 0 Å². The number of rotatable bonds is 12. The maximum absolute atomic E-state index is 3.61. The first-order chi connectivity index (χ1) is 8.48. The van der Waals surface area contributed by atoms with Gasteiger partial charge in [0.25, 0.3) is 0 Å². The summed E-state index contributed by atoms with van der Waals surface area (Å²) in [5.41, 5.74) is 0.464. The van der Waals surface area contributed by atoms with E-state index in [2.05, 4.69) is 45.3 Å². The predicted octanol–water partition coefficient (Wildman–Crippen LogP) is 3.96. The topological polar surface area (TPSA) is 24.1 Å². The summed E-state index contributed by atoms with van der Waals surface area (Å²) < 4.78 is 0. The first kappa shape index (κ1) is 17.9. The molecule has 0 saturated heterocycles. The molecule has 0 rings (SSSR count). The van der Waals surface area contributed by atoms with Crippen LogP contribution in [0.5, 0.6) is 0 Å². The van der Waals surface area contributed by atoms with Crippen LogP contribution in [-0.2, 0) is 0 Å². The van der Waals surface area contributed by atoms with Gasteiger partial charge in [0.15, 0.2) is 0 Å². The third-order valence-corrected chi connectivity index (χ3v) is 3.39. The summed E-state index contributed by atoms with van der Waals surface area (Å²) in [4.78, 5) is 0. The minimum Gasteiger partial charge on any atom is -0.316 e. The van der Waals surface area contributed by atoms with Crippen LogP contribution in [0.3, 0.4) is 0 Å². The van der Waals surface area contributed by atoms with Gasteiger partial charge in [-0.2, -0.15) is 0 Å². The second-order valence-corrected chi connectivity index (χ2v) is 6.61. The lowest BCUT2D eigenvalue weighted by atomic mass is 9.87. The molecule has 0 aliphatic carbocycles. The molecule has 2 nitrogen and oxygen atoms in total. The van der Waals surface area contributed by atoms with Crippen molar-refractivity contribution in [2.24, 2.45) is 5.41 Å². The molecule has 0 aromatic rings. The van der Waals surface area contributed by atoms with E-state index < -0.39 is 0 Å². The van der Waals surface area contributed by atoms with Gasteiger partial charge in [0.05, 0.1) is 0 Å². The Bertz CT molecular complexity index is 176. The summed E-state index contributed by atoms with van der Waals surface area (Å²) in [6.45, 7) is 14.9. The van der Waals surface area contributed by atoms with E-state index in [0.29, 0.717) is 11.5 Å². The van der Waals surface area contributed by atoms with Crippen LogP contribution in [0, 0.1) is 5.41 Å². The summed E-state index contributed by atoms with van der Waals surface area (Å²) in [5, 5.41) is 7.07. The minimum absolute atomic E-state index is 0.464. The number of unbranched alkanes of at least 4 members (excludes halogenated alkanes) is 3. The zero-order valence-corrected chi connectivity index (χ0v) is 13.4. The second-order valence-electron chi connectivity index (χ2n) is 6.61. The van der Waals surface area contributed by atoms with Gasteiger partial charge in [-0.15, -0.1) is 0 Å². The first-order valence-corrected chi connectivity index (χ1v) is 7.92. The van der Waals surface area contributed by atoms with Crippen LogP contribution in [0.2, 0.25) is 0 Å². The summed E-state index contributed by atoms with van der Waals surface area (Å²) >= 11 is 0. The molecule has 0 aromatic carbocycles. The summed E-state index contributed by atoms with van der Waals surface area (Å²) in [6.07, 6.45) is 8.00. The summed E-state index contributed by atoms with van der Waals surface area (Å²) in [7, 11) is 0. The lowest BCUT2D eigenvalue weighted by Crippen LogP contribution is -2.30. The van der Waals surface area contributed by atoms with Gasteiger partial charge in [0.2, 0.25) is 0 Å². The molecule has 0 atom stereocenters. The van der Waals surface area contributed by atoms with Gasteiger partial charge < -0.3 is 10.6 Å². The highest BCUT2D eigenvalue weighted by Crippen LogP contribution is 2.22. The molecule has 2 N–H and O–H groups in total. The van der Waals surface area contributed by atoms with Gasteiger partial charge in [-0.25, -0.2) is 0 Å². The van der Waals surface area contributed by atoms with Crippen molar-refractivity contribution in [3.05, 3.63) is 0 Å². The average molecular weight is 256 g/mol. The van der Waals surface area contributed by atoms with E-state index in [0.717, 1.165) is 19.6 Å². The highest BCUT2D eigenvalue weighted by molar-refractivity contribution is 4.71. The van der Waals surface area contributed by atoms with Gasteiger partial charge in [0, 0.05) is 12.6 Å². The molecule has 0 bridgehead atoms. The second kappa shape index (κ2) is 10.8. The van der Waals surface area contributed by atoms with Gasteiger partial charge in [-0.1, -0.05) is 53.9 Å². The summed E-state index contributed by atoms with van der Waals surface area (Å²) in [6, 6.07) is 0.621. The van der Waals surface area contributed by atoms with E-state index in [4.69, 9.17) is 0 Å². The highest BCUT2D eigenvalue weighted by atomic mass is 14.9. The molecule has 110 valence electrons. The van der Waals surface area contributed by atoms with Crippen molar-refractivity contribution in [1.82, 2.24) is 10.6 Å². The van der Waals surface area contributed by atoms with Crippen molar-refractivity contribution in [3.63, 3.8) is 0 Å². The zero-order valence-electron chi connectivity index (χ0n) is 13.4. The fourth-order valence-corrected chi connectivity index (χ4v) is 2.13. The van der Waals surface area contributed by atoms with Crippen LogP contribution in [-0.4, -0.2) is 25.7 Å². The number of hydrogen-bond donors (Lipinski definition) is 2. The van der Waals surface area contributed by atoms with Crippen molar-refractivity contribution in [2.75, 3.05) is 19.6 Å². The van der Waals surface area contributed by atoms with Crippen LogP contribution in [0.15, 0.2) is 0 Å². The molecule has 0 heterocycles. The van der Waals surface area contributed by atoms with Crippen molar-refractivity contribution >= 4 is 0 Å². The predicted molar refractivity (Wildman–Crippen MR) is 83.2 cm³/mol.